The average molecular weight is 464 g/mol. The molecule has 4 nitrogen and oxygen atoms in total. The van der Waals surface area contributed by atoms with Crippen LogP contribution >= 0.6 is 11.3 Å². The summed E-state index contributed by atoms with van der Waals surface area (Å²) in [4.78, 5) is 17.0. The van der Waals surface area contributed by atoms with Crippen molar-refractivity contribution in [2.45, 2.75) is 45.4 Å². The SMILES string of the molecule is CCCCc1nc(-c2ccc(C(F)(F)F)cc2)sc1COc1ccc(CC(=O)OC)cc1. The molecule has 0 unspecified atom stereocenters. The molecule has 1 aromatic heterocycles. The van der Waals surface area contributed by atoms with Gasteiger partial charge in [0.25, 0.3) is 0 Å². The zero-order valence-electron chi connectivity index (χ0n) is 17.9. The van der Waals surface area contributed by atoms with Crippen molar-refractivity contribution in [3.8, 4) is 16.3 Å². The van der Waals surface area contributed by atoms with E-state index in [2.05, 4.69) is 16.6 Å². The molecule has 2 aromatic carbocycles. The highest BCUT2D eigenvalue weighted by atomic mass is 32.1. The first kappa shape index (κ1) is 23.8. The number of esters is 1. The van der Waals surface area contributed by atoms with Crippen LogP contribution < -0.4 is 4.74 Å². The third kappa shape index (κ3) is 6.32. The Morgan fingerprint density at radius 3 is 2.34 bits per heavy atom. The summed E-state index contributed by atoms with van der Waals surface area (Å²) in [7, 11) is 1.35. The van der Waals surface area contributed by atoms with Crippen molar-refractivity contribution in [2.24, 2.45) is 0 Å². The van der Waals surface area contributed by atoms with Crippen LogP contribution in [0.3, 0.4) is 0 Å². The van der Waals surface area contributed by atoms with Crippen molar-refractivity contribution in [2.75, 3.05) is 7.11 Å². The number of carbonyl (C=O) groups excluding carboxylic acids is 1. The molecule has 0 saturated heterocycles. The number of nitrogens with zero attached hydrogens (tertiary/aromatic N) is 1. The van der Waals surface area contributed by atoms with Crippen molar-refractivity contribution < 1.29 is 27.4 Å². The number of rotatable bonds is 9. The Morgan fingerprint density at radius 2 is 1.75 bits per heavy atom. The topological polar surface area (TPSA) is 48.4 Å². The second-order valence-corrected chi connectivity index (χ2v) is 8.34. The number of ether oxygens (including phenoxy) is 2. The van der Waals surface area contributed by atoms with Gasteiger partial charge in [-0.05, 0) is 42.7 Å². The van der Waals surface area contributed by atoms with Gasteiger partial charge in [0.2, 0.25) is 0 Å². The maximum atomic E-state index is 12.8. The van der Waals surface area contributed by atoms with Gasteiger partial charge in [-0.15, -0.1) is 11.3 Å². The van der Waals surface area contributed by atoms with Gasteiger partial charge in [-0.2, -0.15) is 13.2 Å². The molecule has 0 aliphatic carbocycles. The van der Waals surface area contributed by atoms with Crippen LogP contribution in [0.25, 0.3) is 10.6 Å². The zero-order chi connectivity index (χ0) is 23.1. The summed E-state index contributed by atoms with van der Waals surface area (Å²) in [6, 6.07) is 12.3. The minimum Gasteiger partial charge on any atom is -0.488 e. The first-order valence-corrected chi connectivity index (χ1v) is 11.1. The highest BCUT2D eigenvalue weighted by Crippen LogP contribution is 2.34. The molecule has 32 heavy (non-hydrogen) atoms. The summed E-state index contributed by atoms with van der Waals surface area (Å²) in [5.41, 5.74) is 1.71. The molecular formula is C24H24F3NO3S. The van der Waals surface area contributed by atoms with Crippen LogP contribution in [-0.2, 0) is 35.2 Å². The molecule has 0 atom stereocenters. The van der Waals surface area contributed by atoms with Crippen molar-refractivity contribution in [3.63, 3.8) is 0 Å². The highest BCUT2D eigenvalue weighted by molar-refractivity contribution is 7.15. The van der Waals surface area contributed by atoms with E-state index in [9.17, 15) is 18.0 Å². The van der Waals surface area contributed by atoms with Crippen LogP contribution in [-0.4, -0.2) is 18.1 Å². The Balaban J connectivity index is 1.74. The van der Waals surface area contributed by atoms with Crippen molar-refractivity contribution >= 4 is 17.3 Å². The molecule has 0 radical (unpaired) electrons. The minimum absolute atomic E-state index is 0.198. The summed E-state index contributed by atoms with van der Waals surface area (Å²) in [5.74, 6) is 0.351. The molecule has 0 saturated carbocycles. The predicted molar refractivity (Wildman–Crippen MR) is 118 cm³/mol. The molecule has 0 aliphatic rings. The van der Waals surface area contributed by atoms with Gasteiger partial charge < -0.3 is 9.47 Å². The number of aryl methyl sites for hydroxylation is 1. The van der Waals surface area contributed by atoms with E-state index in [0.717, 1.165) is 47.5 Å². The van der Waals surface area contributed by atoms with Crippen LogP contribution in [0.15, 0.2) is 48.5 Å². The fourth-order valence-corrected chi connectivity index (χ4v) is 4.08. The van der Waals surface area contributed by atoms with Crippen molar-refractivity contribution in [1.82, 2.24) is 4.98 Å². The van der Waals surface area contributed by atoms with Crippen molar-refractivity contribution in [1.29, 1.82) is 0 Å². The Kier molecular flexibility index (Phi) is 7.90. The smallest absolute Gasteiger partial charge is 0.416 e. The molecule has 3 aromatic rings. The predicted octanol–water partition coefficient (Wildman–Crippen LogP) is 6.47. The number of halogens is 3. The molecule has 0 fully saturated rings. The quantitative estimate of drug-likeness (QED) is 0.342. The summed E-state index contributed by atoms with van der Waals surface area (Å²) in [5, 5.41) is 0.678. The number of methoxy groups -OCH3 is 1. The number of alkyl halides is 3. The summed E-state index contributed by atoms with van der Waals surface area (Å²) in [6.07, 6.45) is -1.41. The van der Waals surface area contributed by atoms with Gasteiger partial charge in [-0.25, -0.2) is 4.98 Å². The molecule has 0 aliphatic heterocycles. The number of carbonyl (C=O) groups is 1. The lowest BCUT2D eigenvalue weighted by Gasteiger charge is -2.07. The van der Waals surface area contributed by atoms with E-state index in [-0.39, 0.29) is 12.4 Å². The molecule has 0 N–H and O–H groups in total. The van der Waals surface area contributed by atoms with Gasteiger partial charge in [0.15, 0.2) is 0 Å². The Bertz CT molecular complexity index is 1030. The Labute approximate surface area is 189 Å². The number of hydrogen-bond acceptors (Lipinski definition) is 5. The van der Waals surface area contributed by atoms with Gasteiger partial charge in [0, 0.05) is 5.56 Å². The van der Waals surface area contributed by atoms with E-state index in [1.165, 1.54) is 30.6 Å². The number of hydrogen-bond donors (Lipinski definition) is 0. The molecule has 0 bridgehead atoms. The largest absolute Gasteiger partial charge is 0.488 e. The van der Waals surface area contributed by atoms with Gasteiger partial charge in [0.1, 0.15) is 17.4 Å². The molecule has 1 heterocycles. The maximum absolute atomic E-state index is 12.8. The minimum atomic E-state index is -4.36. The monoisotopic (exact) mass is 463 g/mol. The maximum Gasteiger partial charge on any atom is 0.416 e. The van der Waals surface area contributed by atoms with Crippen LogP contribution in [0.1, 0.15) is 41.5 Å². The highest BCUT2D eigenvalue weighted by Gasteiger charge is 2.30. The fraction of sp³-hybridized carbons (Fsp3) is 0.333. The van der Waals surface area contributed by atoms with E-state index in [1.807, 2.05) is 12.1 Å². The normalized spacial score (nSPS) is 11.4. The lowest BCUT2D eigenvalue weighted by molar-refractivity contribution is -0.140. The van der Waals surface area contributed by atoms with E-state index in [1.54, 1.807) is 12.1 Å². The fourth-order valence-electron chi connectivity index (χ4n) is 3.05. The number of unbranched alkanes of at least 4 members (excludes halogenated alkanes) is 1. The van der Waals surface area contributed by atoms with E-state index >= 15 is 0 Å². The van der Waals surface area contributed by atoms with Gasteiger partial charge in [-0.1, -0.05) is 37.6 Å². The lowest BCUT2D eigenvalue weighted by atomic mass is 10.1. The molecule has 170 valence electrons. The van der Waals surface area contributed by atoms with Gasteiger partial charge >= 0.3 is 12.1 Å². The third-order valence-corrected chi connectivity index (χ3v) is 5.99. The first-order valence-electron chi connectivity index (χ1n) is 10.2. The first-order chi connectivity index (χ1) is 15.3. The van der Waals surface area contributed by atoms with Crippen LogP contribution in [0.4, 0.5) is 13.2 Å². The number of thiazole rings is 1. The molecule has 0 amide bonds. The van der Waals surface area contributed by atoms with E-state index < -0.39 is 11.7 Å². The standard InChI is InChI=1S/C24H24F3NO3S/c1-3-4-5-20-21(15-31-19-12-6-16(7-13-19)14-22(29)30-2)32-23(28-20)17-8-10-18(11-9-17)24(25,26)27/h6-13H,3-5,14-15H2,1-2H3. The summed E-state index contributed by atoms with van der Waals surface area (Å²) >= 11 is 1.43. The molecule has 3 rings (SSSR count). The second kappa shape index (κ2) is 10.6. The van der Waals surface area contributed by atoms with Crippen molar-refractivity contribution in [3.05, 3.63) is 70.2 Å². The van der Waals surface area contributed by atoms with Crippen LogP contribution in [0.2, 0.25) is 0 Å². The third-order valence-electron chi connectivity index (χ3n) is 4.87. The second-order valence-electron chi connectivity index (χ2n) is 7.25. The van der Waals surface area contributed by atoms with E-state index in [0.29, 0.717) is 22.9 Å². The Hall–Kier alpha value is -2.87. The molecular weight excluding hydrogens is 439 g/mol. The number of benzene rings is 2. The Morgan fingerprint density at radius 1 is 1.06 bits per heavy atom. The van der Waals surface area contributed by atoms with E-state index in [4.69, 9.17) is 4.74 Å². The van der Waals surface area contributed by atoms with Gasteiger partial charge in [0.05, 0.1) is 29.7 Å². The molecule has 0 spiro atoms. The van der Waals surface area contributed by atoms with Crippen LogP contribution in [0, 0.1) is 0 Å². The van der Waals surface area contributed by atoms with Gasteiger partial charge in [-0.3, -0.25) is 4.79 Å². The zero-order valence-corrected chi connectivity index (χ0v) is 18.7. The van der Waals surface area contributed by atoms with Crippen LogP contribution in [0.5, 0.6) is 5.75 Å². The molecule has 8 heteroatoms. The summed E-state index contributed by atoms with van der Waals surface area (Å²) < 4.78 is 49.1. The lowest BCUT2D eigenvalue weighted by Crippen LogP contribution is -2.04. The number of aromatic nitrogens is 1. The summed E-state index contributed by atoms with van der Waals surface area (Å²) in [6.45, 7) is 2.41. The average Bonchev–Trinajstić information content (AvgIpc) is 3.19.